The topological polar surface area (TPSA) is 43.4 Å². The Kier molecular flexibility index (Phi) is 6.55. The maximum Gasteiger partial charge on any atom is 0.139 e. The number of hydrogen-bond donors (Lipinski definition) is 1. The van der Waals surface area contributed by atoms with Gasteiger partial charge in [0, 0.05) is 52.5 Å². The first-order chi connectivity index (χ1) is 16.5. The van der Waals surface area contributed by atoms with Crippen LogP contribution in [-0.4, -0.2) is 28.7 Å². The Morgan fingerprint density at radius 1 is 0.971 bits per heavy atom. The first-order valence-corrected chi connectivity index (χ1v) is 12.2. The van der Waals surface area contributed by atoms with E-state index in [9.17, 15) is 4.39 Å². The van der Waals surface area contributed by atoms with Crippen molar-refractivity contribution in [2.75, 3.05) is 18.8 Å². The van der Waals surface area contributed by atoms with E-state index in [1.807, 2.05) is 36.4 Å². The molecule has 0 spiro atoms. The number of benzene rings is 3. The van der Waals surface area contributed by atoms with Crippen molar-refractivity contribution in [3.05, 3.63) is 107 Å². The van der Waals surface area contributed by atoms with Crippen LogP contribution in [-0.2, 0) is 11.2 Å². The van der Waals surface area contributed by atoms with Crippen molar-refractivity contribution in [2.24, 2.45) is 0 Å². The molecule has 0 amide bonds. The zero-order valence-electron chi connectivity index (χ0n) is 19.0. The fourth-order valence-corrected chi connectivity index (χ4v) is 4.78. The smallest absolute Gasteiger partial charge is 0.139 e. The molecular formula is C28H27BrFN3O. The molecule has 2 atom stereocenters. The van der Waals surface area contributed by atoms with Gasteiger partial charge in [-0.05, 0) is 73.0 Å². The summed E-state index contributed by atoms with van der Waals surface area (Å²) in [6, 6.07) is 22.9. The maximum atomic E-state index is 13.7. The Labute approximate surface area is 207 Å². The maximum absolute atomic E-state index is 13.7. The van der Waals surface area contributed by atoms with Crippen LogP contribution in [0.3, 0.4) is 0 Å². The first kappa shape index (κ1) is 22.8. The van der Waals surface area contributed by atoms with Crippen LogP contribution >= 0.6 is 15.9 Å². The van der Waals surface area contributed by atoms with Crippen molar-refractivity contribution in [1.29, 1.82) is 0 Å². The van der Waals surface area contributed by atoms with Gasteiger partial charge in [0.15, 0.2) is 0 Å². The molecular weight excluding hydrogens is 493 g/mol. The predicted molar refractivity (Wildman–Crippen MR) is 138 cm³/mol. The second-order valence-electron chi connectivity index (χ2n) is 8.80. The van der Waals surface area contributed by atoms with E-state index in [4.69, 9.17) is 10.5 Å². The predicted octanol–water partition coefficient (Wildman–Crippen LogP) is 6.59. The largest absolute Gasteiger partial charge is 0.399 e. The fraction of sp³-hybridized carbons (Fsp3) is 0.214. The average Bonchev–Trinajstić information content (AvgIpc) is 3.43. The van der Waals surface area contributed by atoms with E-state index in [1.165, 1.54) is 17.7 Å². The van der Waals surface area contributed by atoms with Gasteiger partial charge in [0.25, 0.3) is 0 Å². The second-order valence-corrected chi connectivity index (χ2v) is 9.72. The van der Waals surface area contributed by atoms with E-state index in [0.717, 1.165) is 52.0 Å². The van der Waals surface area contributed by atoms with Crippen LogP contribution in [0.2, 0.25) is 0 Å². The lowest BCUT2D eigenvalue weighted by Gasteiger charge is -2.23. The van der Waals surface area contributed by atoms with Gasteiger partial charge in [-0.1, -0.05) is 40.2 Å². The lowest BCUT2D eigenvalue weighted by molar-refractivity contribution is 0.00526. The van der Waals surface area contributed by atoms with Crippen molar-refractivity contribution in [3.8, 4) is 16.8 Å². The van der Waals surface area contributed by atoms with Gasteiger partial charge in [-0.25, -0.2) is 4.39 Å². The van der Waals surface area contributed by atoms with Crippen molar-refractivity contribution >= 4 is 21.6 Å². The standard InChI is InChI=1S/C28H27BrFN3O/c1-19-16-32(15-14-20-2-10-24(31)11-3-20)28(34-19)27-18-33(25-12-6-22(29)7-13-25)17-26(27)21-4-8-23(30)9-5-21/h2-13,17-19,28H,14-16,31H2,1H3/t19-,28-/m1/s1. The molecule has 1 aromatic heterocycles. The zero-order valence-corrected chi connectivity index (χ0v) is 20.6. The number of nitrogens with two attached hydrogens (primary N) is 1. The Morgan fingerprint density at radius 2 is 1.68 bits per heavy atom. The highest BCUT2D eigenvalue weighted by atomic mass is 79.9. The van der Waals surface area contributed by atoms with Crippen LogP contribution in [0.5, 0.6) is 0 Å². The van der Waals surface area contributed by atoms with Crippen molar-refractivity contribution in [3.63, 3.8) is 0 Å². The summed E-state index contributed by atoms with van der Waals surface area (Å²) in [4.78, 5) is 2.38. The highest BCUT2D eigenvalue weighted by molar-refractivity contribution is 9.10. The number of ether oxygens (including phenoxy) is 1. The number of aromatic nitrogens is 1. The Bertz CT molecular complexity index is 1250. The van der Waals surface area contributed by atoms with Crippen LogP contribution in [0.1, 0.15) is 24.3 Å². The van der Waals surface area contributed by atoms with Crippen LogP contribution in [0.25, 0.3) is 16.8 Å². The van der Waals surface area contributed by atoms with Crippen molar-refractivity contribution in [1.82, 2.24) is 9.47 Å². The molecule has 4 aromatic rings. The second kappa shape index (κ2) is 9.74. The summed E-state index contributed by atoms with van der Waals surface area (Å²) in [5.74, 6) is -0.242. The molecule has 174 valence electrons. The molecule has 34 heavy (non-hydrogen) atoms. The summed E-state index contributed by atoms with van der Waals surface area (Å²) in [6.45, 7) is 3.83. The van der Waals surface area contributed by atoms with E-state index in [-0.39, 0.29) is 18.1 Å². The lowest BCUT2D eigenvalue weighted by Crippen LogP contribution is -2.27. The number of halogens is 2. The van der Waals surface area contributed by atoms with Gasteiger partial charge < -0.3 is 15.0 Å². The summed E-state index contributed by atoms with van der Waals surface area (Å²) in [7, 11) is 0. The number of nitrogen functional groups attached to an aromatic ring is 1. The van der Waals surface area contributed by atoms with Gasteiger partial charge in [-0.2, -0.15) is 0 Å². The lowest BCUT2D eigenvalue weighted by atomic mass is 10.0. The summed E-state index contributed by atoms with van der Waals surface area (Å²) in [5.41, 5.74) is 12.0. The summed E-state index contributed by atoms with van der Waals surface area (Å²) in [5, 5.41) is 0. The van der Waals surface area contributed by atoms with Gasteiger partial charge in [-0.15, -0.1) is 0 Å². The molecule has 2 N–H and O–H groups in total. The number of anilines is 1. The molecule has 1 saturated heterocycles. The molecule has 0 radical (unpaired) electrons. The first-order valence-electron chi connectivity index (χ1n) is 11.4. The Hall–Kier alpha value is -2.93. The van der Waals surface area contributed by atoms with Gasteiger partial charge in [0.1, 0.15) is 12.0 Å². The van der Waals surface area contributed by atoms with E-state index in [1.54, 1.807) is 0 Å². The molecule has 1 aliphatic rings. The van der Waals surface area contributed by atoms with E-state index in [2.05, 4.69) is 69.0 Å². The molecule has 1 fully saturated rings. The highest BCUT2D eigenvalue weighted by Gasteiger charge is 2.34. The molecule has 2 heterocycles. The zero-order chi connectivity index (χ0) is 23.7. The van der Waals surface area contributed by atoms with Crippen LogP contribution in [0.4, 0.5) is 10.1 Å². The third kappa shape index (κ3) is 4.94. The molecule has 1 aliphatic heterocycles. The molecule has 0 bridgehead atoms. The van der Waals surface area contributed by atoms with Crippen LogP contribution < -0.4 is 5.73 Å². The normalized spacial score (nSPS) is 18.4. The van der Waals surface area contributed by atoms with Gasteiger partial charge in [-0.3, -0.25) is 4.90 Å². The van der Waals surface area contributed by atoms with Crippen molar-refractivity contribution in [2.45, 2.75) is 25.7 Å². The van der Waals surface area contributed by atoms with Crippen LogP contribution in [0.15, 0.2) is 89.7 Å². The summed E-state index contributed by atoms with van der Waals surface area (Å²) >= 11 is 3.51. The van der Waals surface area contributed by atoms with Crippen LogP contribution in [0, 0.1) is 5.82 Å². The third-order valence-corrected chi connectivity index (χ3v) is 6.78. The molecule has 4 nitrogen and oxygen atoms in total. The molecule has 0 aliphatic carbocycles. The molecule has 3 aromatic carbocycles. The van der Waals surface area contributed by atoms with E-state index < -0.39 is 0 Å². The minimum Gasteiger partial charge on any atom is -0.399 e. The average molecular weight is 520 g/mol. The molecule has 0 saturated carbocycles. The van der Waals surface area contributed by atoms with Gasteiger partial charge in [0.05, 0.1) is 6.10 Å². The Balaban J connectivity index is 1.49. The van der Waals surface area contributed by atoms with Crippen molar-refractivity contribution < 1.29 is 9.13 Å². The van der Waals surface area contributed by atoms with E-state index >= 15 is 0 Å². The summed E-state index contributed by atoms with van der Waals surface area (Å²) < 4.78 is 23.2. The monoisotopic (exact) mass is 519 g/mol. The Morgan fingerprint density at radius 3 is 2.38 bits per heavy atom. The number of hydrogen-bond acceptors (Lipinski definition) is 3. The molecule has 6 heteroatoms. The van der Waals surface area contributed by atoms with Gasteiger partial charge in [0.2, 0.25) is 0 Å². The SMILES string of the molecule is C[C@@H]1CN(CCc2ccc(N)cc2)[C@@H](c2cn(-c3ccc(Br)cc3)cc2-c2ccc(F)cc2)O1. The van der Waals surface area contributed by atoms with E-state index in [0.29, 0.717) is 0 Å². The summed E-state index contributed by atoms with van der Waals surface area (Å²) in [6.07, 6.45) is 5.10. The number of rotatable bonds is 6. The fourth-order valence-electron chi connectivity index (χ4n) is 4.51. The highest BCUT2D eigenvalue weighted by Crippen LogP contribution is 2.38. The minimum atomic E-state index is -0.242. The number of nitrogens with zero attached hydrogens (tertiary/aromatic N) is 2. The van der Waals surface area contributed by atoms with Gasteiger partial charge >= 0.3 is 0 Å². The molecule has 5 rings (SSSR count). The quantitative estimate of drug-likeness (QED) is 0.292. The minimum absolute atomic E-state index is 0.119. The third-order valence-electron chi connectivity index (χ3n) is 6.26. The molecule has 0 unspecified atom stereocenters.